The van der Waals surface area contributed by atoms with Gasteiger partial charge < -0.3 is 14.5 Å². The third kappa shape index (κ3) is 4.77. The molecule has 1 aliphatic rings. The molecule has 4 nitrogen and oxygen atoms in total. The number of halogens is 3. The number of carbonyl (C=O) groups is 1. The van der Waals surface area contributed by atoms with E-state index in [4.69, 9.17) is 39.5 Å². The fourth-order valence-electron chi connectivity index (χ4n) is 3.88. The maximum Gasteiger partial charge on any atom is 0.254 e. The maximum absolute atomic E-state index is 13.2. The number of nitrogens with zero attached hydrogens (tertiary/aromatic N) is 2. The quantitative estimate of drug-likeness (QED) is 0.440. The van der Waals surface area contributed by atoms with E-state index in [0.717, 1.165) is 11.3 Å². The molecule has 1 aliphatic heterocycles. The number of methoxy groups -OCH3 is 1. The van der Waals surface area contributed by atoms with Crippen molar-refractivity contribution in [3.8, 4) is 5.75 Å². The Kier molecular flexibility index (Phi) is 6.61. The average Bonchev–Trinajstić information content (AvgIpc) is 2.79. The molecule has 1 saturated heterocycles. The Hall–Kier alpha value is -2.40. The van der Waals surface area contributed by atoms with Gasteiger partial charge in [-0.1, -0.05) is 53.0 Å². The van der Waals surface area contributed by atoms with E-state index in [-0.39, 0.29) is 11.9 Å². The third-order valence-corrected chi connectivity index (χ3v) is 6.25. The van der Waals surface area contributed by atoms with Crippen LogP contribution >= 0.6 is 34.8 Å². The van der Waals surface area contributed by atoms with Gasteiger partial charge in [0, 0.05) is 35.2 Å². The number of anilines is 1. The van der Waals surface area contributed by atoms with Gasteiger partial charge in [-0.3, -0.25) is 4.79 Å². The van der Waals surface area contributed by atoms with Crippen LogP contribution in [0.3, 0.4) is 0 Å². The van der Waals surface area contributed by atoms with E-state index in [1.165, 1.54) is 0 Å². The summed E-state index contributed by atoms with van der Waals surface area (Å²) in [7, 11) is 1.59. The van der Waals surface area contributed by atoms with Gasteiger partial charge >= 0.3 is 0 Å². The Morgan fingerprint density at radius 1 is 0.935 bits per heavy atom. The molecule has 0 radical (unpaired) electrons. The number of amides is 1. The zero-order chi connectivity index (χ0) is 22.0. The second-order valence-corrected chi connectivity index (χ2v) is 8.62. The first-order chi connectivity index (χ1) is 15.0. The molecule has 0 spiro atoms. The third-order valence-electron chi connectivity index (χ3n) is 5.46. The van der Waals surface area contributed by atoms with Crippen LogP contribution in [0.5, 0.6) is 5.75 Å². The van der Waals surface area contributed by atoms with Crippen LogP contribution in [0, 0.1) is 0 Å². The van der Waals surface area contributed by atoms with E-state index in [2.05, 4.69) is 4.90 Å². The second-order valence-electron chi connectivity index (χ2n) is 7.34. The van der Waals surface area contributed by atoms with Crippen molar-refractivity contribution in [3.63, 3.8) is 0 Å². The Balaban J connectivity index is 1.66. The Bertz CT molecular complexity index is 1090. The standard InChI is InChI=1S/C24H21Cl3N2O2/c1-31-20-4-2-3-17(13-20)24(30)28-11-12-29(22-10-9-19(26)14-21(22)27)23(15-28)16-5-7-18(25)8-6-16/h2-10,13-14,23H,11-12,15H2,1H3. The molecular formula is C24H21Cl3N2O2. The smallest absolute Gasteiger partial charge is 0.254 e. The van der Waals surface area contributed by atoms with Crippen LogP contribution in [0.4, 0.5) is 5.69 Å². The number of hydrogen-bond donors (Lipinski definition) is 0. The normalized spacial score (nSPS) is 16.3. The minimum absolute atomic E-state index is 0.0280. The lowest BCUT2D eigenvalue weighted by Gasteiger charge is -2.43. The molecule has 0 N–H and O–H groups in total. The van der Waals surface area contributed by atoms with Gasteiger partial charge in [0.25, 0.3) is 5.91 Å². The van der Waals surface area contributed by atoms with Crippen LogP contribution in [0.2, 0.25) is 15.1 Å². The topological polar surface area (TPSA) is 32.8 Å². The van der Waals surface area contributed by atoms with Crippen LogP contribution in [0.25, 0.3) is 0 Å². The molecular weight excluding hydrogens is 455 g/mol. The highest BCUT2D eigenvalue weighted by molar-refractivity contribution is 6.36. The van der Waals surface area contributed by atoms with Crippen LogP contribution in [0.15, 0.2) is 66.7 Å². The Morgan fingerprint density at radius 2 is 1.68 bits per heavy atom. The lowest BCUT2D eigenvalue weighted by Crippen LogP contribution is -2.50. The fourth-order valence-corrected chi connectivity index (χ4v) is 4.52. The van der Waals surface area contributed by atoms with Crippen molar-refractivity contribution in [2.24, 2.45) is 0 Å². The van der Waals surface area contributed by atoms with Crippen molar-refractivity contribution in [2.45, 2.75) is 6.04 Å². The highest BCUT2D eigenvalue weighted by Gasteiger charge is 2.32. The van der Waals surface area contributed by atoms with Gasteiger partial charge in [-0.05, 0) is 54.1 Å². The number of rotatable bonds is 4. The van der Waals surface area contributed by atoms with E-state index in [9.17, 15) is 4.79 Å². The summed E-state index contributed by atoms with van der Waals surface area (Å²) in [5.74, 6) is 0.631. The average molecular weight is 476 g/mol. The molecule has 3 aromatic rings. The molecule has 160 valence electrons. The summed E-state index contributed by atoms with van der Waals surface area (Å²) >= 11 is 18.7. The molecule has 1 fully saturated rings. The minimum atomic E-state index is -0.0840. The van der Waals surface area contributed by atoms with Crippen molar-refractivity contribution < 1.29 is 9.53 Å². The van der Waals surface area contributed by atoms with Gasteiger partial charge in [-0.2, -0.15) is 0 Å². The molecule has 3 aromatic carbocycles. The molecule has 0 aliphatic carbocycles. The molecule has 0 saturated carbocycles. The number of piperazine rings is 1. The van der Waals surface area contributed by atoms with Crippen molar-refractivity contribution in [1.29, 1.82) is 0 Å². The summed E-state index contributed by atoms with van der Waals surface area (Å²) in [4.78, 5) is 17.3. The SMILES string of the molecule is COc1cccc(C(=O)N2CCN(c3ccc(Cl)cc3Cl)C(c3ccc(Cl)cc3)C2)c1. The maximum atomic E-state index is 13.2. The van der Waals surface area contributed by atoms with Crippen molar-refractivity contribution in [3.05, 3.63) is 92.9 Å². The van der Waals surface area contributed by atoms with Crippen LogP contribution in [-0.2, 0) is 0 Å². The first kappa shape index (κ1) is 21.8. The zero-order valence-electron chi connectivity index (χ0n) is 16.9. The monoisotopic (exact) mass is 474 g/mol. The van der Waals surface area contributed by atoms with Crippen molar-refractivity contribution in [1.82, 2.24) is 4.90 Å². The van der Waals surface area contributed by atoms with Gasteiger partial charge in [-0.15, -0.1) is 0 Å². The lowest BCUT2D eigenvalue weighted by atomic mass is 10.0. The largest absolute Gasteiger partial charge is 0.497 e. The summed E-state index contributed by atoms with van der Waals surface area (Å²) in [6.45, 7) is 1.71. The minimum Gasteiger partial charge on any atom is -0.497 e. The number of hydrogen-bond acceptors (Lipinski definition) is 3. The predicted molar refractivity (Wildman–Crippen MR) is 127 cm³/mol. The van der Waals surface area contributed by atoms with E-state index in [0.29, 0.717) is 46.0 Å². The van der Waals surface area contributed by atoms with Crippen molar-refractivity contribution in [2.75, 3.05) is 31.6 Å². The van der Waals surface area contributed by atoms with Gasteiger partial charge in [0.2, 0.25) is 0 Å². The highest BCUT2D eigenvalue weighted by atomic mass is 35.5. The first-order valence-corrected chi connectivity index (χ1v) is 11.0. The van der Waals surface area contributed by atoms with Gasteiger partial charge in [0.05, 0.1) is 23.9 Å². The molecule has 0 aromatic heterocycles. The van der Waals surface area contributed by atoms with Crippen LogP contribution in [0.1, 0.15) is 22.0 Å². The van der Waals surface area contributed by atoms with Crippen molar-refractivity contribution >= 4 is 46.4 Å². The van der Waals surface area contributed by atoms with E-state index >= 15 is 0 Å². The highest BCUT2D eigenvalue weighted by Crippen LogP contribution is 2.37. The second kappa shape index (κ2) is 9.39. The molecule has 1 atom stereocenters. The first-order valence-electron chi connectivity index (χ1n) is 9.87. The molecule has 31 heavy (non-hydrogen) atoms. The van der Waals surface area contributed by atoms with Gasteiger partial charge in [0.1, 0.15) is 5.75 Å². The zero-order valence-corrected chi connectivity index (χ0v) is 19.2. The van der Waals surface area contributed by atoms with Gasteiger partial charge in [0.15, 0.2) is 0 Å². The molecule has 1 unspecified atom stereocenters. The summed E-state index contributed by atoms with van der Waals surface area (Å²) in [6.07, 6.45) is 0. The lowest BCUT2D eigenvalue weighted by molar-refractivity contribution is 0.0721. The molecule has 4 rings (SSSR count). The predicted octanol–water partition coefficient (Wildman–Crippen LogP) is 6.36. The molecule has 0 bridgehead atoms. The molecule has 7 heteroatoms. The summed E-state index contributed by atoms with van der Waals surface area (Å²) in [6, 6.07) is 20.3. The summed E-state index contributed by atoms with van der Waals surface area (Å²) in [5, 5.41) is 1.84. The van der Waals surface area contributed by atoms with E-state index in [1.54, 1.807) is 19.2 Å². The van der Waals surface area contributed by atoms with Gasteiger partial charge in [-0.25, -0.2) is 0 Å². The van der Waals surface area contributed by atoms with Crippen LogP contribution in [-0.4, -0.2) is 37.6 Å². The Morgan fingerprint density at radius 3 is 2.39 bits per heavy atom. The van der Waals surface area contributed by atoms with E-state index < -0.39 is 0 Å². The summed E-state index contributed by atoms with van der Waals surface area (Å²) in [5.41, 5.74) is 2.55. The summed E-state index contributed by atoms with van der Waals surface area (Å²) < 4.78 is 5.27. The molecule has 1 heterocycles. The van der Waals surface area contributed by atoms with E-state index in [1.807, 2.05) is 59.5 Å². The number of ether oxygens (including phenoxy) is 1. The number of carbonyl (C=O) groups excluding carboxylic acids is 1. The fraction of sp³-hybridized carbons (Fsp3) is 0.208. The molecule has 1 amide bonds. The van der Waals surface area contributed by atoms with Crippen LogP contribution < -0.4 is 9.64 Å². The number of benzene rings is 3. The Labute approximate surface area is 196 Å².